The minimum Gasteiger partial charge on any atom is -0.507 e. The zero-order chi connectivity index (χ0) is 24.1. The van der Waals surface area contributed by atoms with E-state index in [0.29, 0.717) is 0 Å². The Morgan fingerprint density at radius 2 is 1.94 bits per heavy atom. The number of pyridine rings is 1. The lowest BCUT2D eigenvalue weighted by atomic mass is 10.1. The van der Waals surface area contributed by atoms with Crippen LogP contribution in [0, 0.1) is 17.6 Å². The molecule has 0 spiro atoms. The molecule has 0 saturated carbocycles. The summed E-state index contributed by atoms with van der Waals surface area (Å²) < 4.78 is 55.3. The monoisotopic (exact) mass is 465 g/mol. The highest BCUT2D eigenvalue weighted by molar-refractivity contribution is 5.98. The fraction of sp³-hybridized carbons (Fsp3) is 0.409. The van der Waals surface area contributed by atoms with E-state index in [-0.39, 0.29) is 26.2 Å². The molecule has 33 heavy (non-hydrogen) atoms. The molecule has 1 unspecified atom stereocenters. The third kappa shape index (κ3) is 4.14. The van der Waals surface area contributed by atoms with Gasteiger partial charge < -0.3 is 24.4 Å². The van der Waals surface area contributed by atoms with Crippen LogP contribution in [0.25, 0.3) is 11.3 Å². The van der Waals surface area contributed by atoms with Crippen LogP contribution in [0.1, 0.15) is 31.1 Å². The summed E-state index contributed by atoms with van der Waals surface area (Å²) in [5.41, 5.74) is -2.90. The number of piperazine rings is 1. The second-order valence-corrected chi connectivity index (χ2v) is 8.79. The van der Waals surface area contributed by atoms with E-state index >= 15 is 4.39 Å². The molecule has 8 nitrogen and oxygen atoms in total. The Morgan fingerprint density at radius 1 is 1.21 bits per heavy atom. The number of fused-ring (bicyclic) bond motifs is 2. The first-order valence-electron chi connectivity index (χ1n) is 10.3. The van der Waals surface area contributed by atoms with Gasteiger partial charge in [0.2, 0.25) is 5.95 Å². The van der Waals surface area contributed by atoms with Gasteiger partial charge in [-0.2, -0.15) is 4.39 Å². The minimum absolute atomic E-state index is 0.0340. The van der Waals surface area contributed by atoms with E-state index in [2.05, 4.69) is 4.98 Å². The Hall–Kier alpha value is -3.50. The van der Waals surface area contributed by atoms with Crippen molar-refractivity contribution in [3.8, 4) is 22.8 Å². The first-order valence-corrected chi connectivity index (χ1v) is 10.3. The van der Waals surface area contributed by atoms with E-state index in [9.17, 15) is 23.5 Å². The van der Waals surface area contributed by atoms with Crippen molar-refractivity contribution in [2.24, 2.45) is 0 Å². The zero-order valence-corrected chi connectivity index (χ0v) is 18.2. The summed E-state index contributed by atoms with van der Waals surface area (Å²) in [6.45, 7) is 5.12. The Labute approximate surface area is 187 Å². The Morgan fingerprint density at radius 3 is 2.61 bits per heavy atom. The standard InChI is InChI=1S/C22H22F3N3O5/c1-22(2,3)33-21(31)27-7-8-28-11(9-27)10-32-18-15(20(28)30)19(25)26-17(16(18)24)14-12(23)5-4-6-13(14)29/h4-6,11,29H,7-10H2,1-3H3. The summed E-state index contributed by atoms with van der Waals surface area (Å²) in [6.07, 6.45) is -0.576. The molecule has 1 aromatic heterocycles. The summed E-state index contributed by atoms with van der Waals surface area (Å²) in [6, 6.07) is 2.55. The number of aromatic hydroxyl groups is 1. The number of hydrogen-bond acceptors (Lipinski definition) is 6. The number of amides is 2. The SMILES string of the molecule is CC(C)(C)OC(=O)N1CCN2C(=O)c3c(F)nc(-c4c(O)cccc4F)c(F)c3OCC2C1. The summed E-state index contributed by atoms with van der Waals surface area (Å²) in [5.74, 6) is -5.88. The smallest absolute Gasteiger partial charge is 0.410 e. The van der Waals surface area contributed by atoms with Crippen molar-refractivity contribution >= 4 is 12.0 Å². The third-order valence-corrected chi connectivity index (χ3v) is 5.31. The van der Waals surface area contributed by atoms with Gasteiger partial charge in [-0.05, 0) is 32.9 Å². The number of phenolic OH excluding ortho intramolecular Hbond substituents is 1. The van der Waals surface area contributed by atoms with E-state index in [1.165, 1.54) is 15.9 Å². The lowest BCUT2D eigenvalue weighted by molar-refractivity contribution is 0.000808. The second kappa shape index (κ2) is 8.13. The van der Waals surface area contributed by atoms with Crippen LogP contribution in [0.2, 0.25) is 0 Å². The second-order valence-electron chi connectivity index (χ2n) is 8.79. The van der Waals surface area contributed by atoms with E-state index in [0.717, 1.165) is 12.1 Å². The molecule has 0 radical (unpaired) electrons. The van der Waals surface area contributed by atoms with Crippen LogP contribution in [-0.4, -0.2) is 69.8 Å². The van der Waals surface area contributed by atoms with Crippen LogP contribution in [-0.2, 0) is 4.74 Å². The highest BCUT2D eigenvalue weighted by Gasteiger charge is 2.41. The number of nitrogens with zero attached hydrogens (tertiary/aromatic N) is 3. The first kappa shape index (κ1) is 22.7. The maximum atomic E-state index is 15.3. The van der Waals surface area contributed by atoms with Crippen LogP contribution in [0.4, 0.5) is 18.0 Å². The number of benzene rings is 1. The predicted octanol–water partition coefficient (Wildman–Crippen LogP) is 3.33. The van der Waals surface area contributed by atoms with Crippen LogP contribution in [0.3, 0.4) is 0 Å². The molecule has 3 heterocycles. The molecule has 1 aromatic carbocycles. The van der Waals surface area contributed by atoms with Crippen LogP contribution < -0.4 is 4.74 Å². The Bertz CT molecular complexity index is 1110. The average Bonchev–Trinajstić information content (AvgIpc) is 2.87. The van der Waals surface area contributed by atoms with Gasteiger partial charge in [-0.25, -0.2) is 18.6 Å². The van der Waals surface area contributed by atoms with E-state index < -0.39 is 69.5 Å². The molecule has 1 fully saturated rings. The molecule has 2 aliphatic rings. The van der Waals surface area contributed by atoms with Gasteiger partial charge in [0.1, 0.15) is 35.0 Å². The van der Waals surface area contributed by atoms with Gasteiger partial charge in [0, 0.05) is 19.6 Å². The molecule has 1 atom stereocenters. The van der Waals surface area contributed by atoms with Gasteiger partial charge in [-0.15, -0.1) is 0 Å². The van der Waals surface area contributed by atoms with Crippen molar-refractivity contribution in [3.05, 3.63) is 41.3 Å². The fourth-order valence-electron chi connectivity index (χ4n) is 3.83. The summed E-state index contributed by atoms with van der Waals surface area (Å²) in [4.78, 5) is 31.6. The number of hydrogen-bond donors (Lipinski definition) is 1. The van der Waals surface area contributed by atoms with Gasteiger partial charge in [-0.3, -0.25) is 4.79 Å². The molecule has 4 rings (SSSR count). The number of phenols is 1. The van der Waals surface area contributed by atoms with Crippen molar-refractivity contribution in [1.82, 2.24) is 14.8 Å². The summed E-state index contributed by atoms with van der Waals surface area (Å²) in [7, 11) is 0. The largest absolute Gasteiger partial charge is 0.507 e. The van der Waals surface area contributed by atoms with Crippen LogP contribution in [0.5, 0.6) is 11.5 Å². The van der Waals surface area contributed by atoms with Gasteiger partial charge in [0.25, 0.3) is 5.91 Å². The van der Waals surface area contributed by atoms with E-state index in [1.54, 1.807) is 20.8 Å². The Kier molecular flexibility index (Phi) is 5.59. The van der Waals surface area contributed by atoms with Crippen LogP contribution >= 0.6 is 0 Å². The summed E-state index contributed by atoms with van der Waals surface area (Å²) in [5, 5.41) is 9.97. The average molecular weight is 465 g/mol. The zero-order valence-electron chi connectivity index (χ0n) is 18.2. The molecule has 0 bridgehead atoms. The number of rotatable bonds is 1. The lowest BCUT2D eigenvalue weighted by Gasteiger charge is -2.40. The molecule has 176 valence electrons. The molecule has 2 aliphatic heterocycles. The molecule has 2 amide bonds. The molecular weight excluding hydrogens is 443 g/mol. The highest BCUT2D eigenvalue weighted by atomic mass is 19.1. The molecule has 1 N–H and O–H groups in total. The van der Waals surface area contributed by atoms with Gasteiger partial charge in [0.15, 0.2) is 11.6 Å². The van der Waals surface area contributed by atoms with Gasteiger partial charge in [-0.1, -0.05) is 6.07 Å². The number of carbonyl (C=O) groups excluding carboxylic acids is 2. The molecule has 1 saturated heterocycles. The molecule has 11 heteroatoms. The van der Waals surface area contributed by atoms with E-state index in [4.69, 9.17) is 9.47 Å². The number of carbonyl (C=O) groups is 2. The minimum atomic E-state index is -1.36. The maximum Gasteiger partial charge on any atom is 0.410 e. The Balaban J connectivity index is 1.68. The number of aromatic nitrogens is 1. The van der Waals surface area contributed by atoms with Crippen molar-refractivity contribution in [2.75, 3.05) is 26.2 Å². The van der Waals surface area contributed by atoms with Gasteiger partial charge >= 0.3 is 6.09 Å². The normalized spacial score (nSPS) is 18.2. The number of halogens is 3. The number of ether oxygens (including phenoxy) is 2. The van der Waals surface area contributed by atoms with Crippen molar-refractivity contribution in [3.63, 3.8) is 0 Å². The maximum absolute atomic E-state index is 15.3. The van der Waals surface area contributed by atoms with Crippen molar-refractivity contribution in [2.45, 2.75) is 32.4 Å². The lowest BCUT2D eigenvalue weighted by Crippen LogP contribution is -2.58. The molecule has 2 aromatic rings. The van der Waals surface area contributed by atoms with E-state index in [1.807, 2.05) is 0 Å². The van der Waals surface area contributed by atoms with Gasteiger partial charge in [0.05, 0.1) is 11.6 Å². The first-order chi connectivity index (χ1) is 15.5. The molecule has 0 aliphatic carbocycles. The quantitative estimate of drug-likeness (QED) is 0.650. The van der Waals surface area contributed by atoms with Crippen molar-refractivity contribution in [1.29, 1.82) is 0 Å². The third-order valence-electron chi connectivity index (χ3n) is 5.31. The topological polar surface area (TPSA) is 92.2 Å². The highest BCUT2D eigenvalue weighted by Crippen LogP contribution is 2.39. The predicted molar refractivity (Wildman–Crippen MR) is 109 cm³/mol. The summed E-state index contributed by atoms with van der Waals surface area (Å²) >= 11 is 0. The fourth-order valence-corrected chi connectivity index (χ4v) is 3.83. The molecular formula is C22H22F3N3O5. The van der Waals surface area contributed by atoms with Crippen LogP contribution in [0.15, 0.2) is 18.2 Å². The van der Waals surface area contributed by atoms with Crippen molar-refractivity contribution < 1.29 is 37.3 Å².